The van der Waals surface area contributed by atoms with Gasteiger partial charge >= 0.3 is 0 Å². The lowest BCUT2D eigenvalue weighted by Gasteiger charge is -2.36. The Balaban J connectivity index is 1.42. The number of rotatable bonds is 4. The van der Waals surface area contributed by atoms with Crippen LogP contribution in [0.2, 0.25) is 0 Å². The molecular weight excluding hydrogens is 392 g/mol. The molecule has 6 heteroatoms. The first kappa shape index (κ1) is 19.6. The Morgan fingerprint density at radius 3 is 2.42 bits per heavy atom. The third kappa shape index (κ3) is 3.86. The number of ether oxygens (including phenoxy) is 3. The standard InChI is InChI=1S/C25H24N2O4/c28-24(25(11-13-29-14-12-25)19-5-2-1-3-6-19)27-23-8-4-7-20(26-23)18-9-10-21-22(17-18)31-16-15-30-21/h1-10,17H,11-16H2,(H,26,27,28). The highest BCUT2D eigenvalue weighted by Gasteiger charge is 2.41. The van der Waals surface area contributed by atoms with Crippen molar-refractivity contribution in [3.05, 3.63) is 72.3 Å². The maximum absolute atomic E-state index is 13.5. The van der Waals surface area contributed by atoms with Crippen LogP contribution in [-0.2, 0) is 14.9 Å². The van der Waals surface area contributed by atoms with Gasteiger partial charge in [-0.05, 0) is 48.7 Å². The lowest BCUT2D eigenvalue weighted by atomic mass is 9.73. The molecule has 0 unspecified atom stereocenters. The topological polar surface area (TPSA) is 69.7 Å². The molecule has 1 fully saturated rings. The molecule has 1 aromatic heterocycles. The fourth-order valence-corrected chi connectivity index (χ4v) is 4.23. The molecule has 31 heavy (non-hydrogen) atoms. The molecular formula is C25H24N2O4. The van der Waals surface area contributed by atoms with Crippen LogP contribution in [0.4, 0.5) is 5.82 Å². The van der Waals surface area contributed by atoms with Gasteiger partial charge in [-0.1, -0.05) is 36.4 Å². The van der Waals surface area contributed by atoms with Crippen LogP contribution in [0.25, 0.3) is 11.3 Å². The molecule has 2 aliphatic rings. The molecule has 2 aliphatic heterocycles. The average molecular weight is 416 g/mol. The van der Waals surface area contributed by atoms with Crippen LogP contribution < -0.4 is 14.8 Å². The van der Waals surface area contributed by atoms with Crippen LogP contribution in [0.15, 0.2) is 66.7 Å². The molecule has 0 atom stereocenters. The first-order valence-corrected chi connectivity index (χ1v) is 10.6. The second-order valence-electron chi connectivity index (χ2n) is 7.78. The van der Waals surface area contributed by atoms with Crippen molar-refractivity contribution in [2.45, 2.75) is 18.3 Å². The molecule has 3 aromatic rings. The number of nitrogens with one attached hydrogen (secondary N) is 1. The Morgan fingerprint density at radius 2 is 1.61 bits per heavy atom. The van der Waals surface area contributed by atoms with Crippen LogP contribution in [0, 0.1) is 0 Å². The maximum Gasteiger partial charge on any atom is 0.236 e. The van der Waals surface area contributed by atoms with E-state index in [4.69, 9.17) is 19.2 Å². The maximum atomic E-state index is 13.5. The number of carbonyl (C=O) groups excluding carboxylic acids is 1. The highest BCUT2D eigenvalue weighted by atomic mass is 16.6. The van der Waals surface area contributed by atoms with Crippen LogP contribution in [0.1, 0.15) is 18.4 Å². The normalized spacial score (nSPS) is 17.0. The smallest absolute Gasteiger partial charge is 0.236 e. The van der Waals surface area contributed by atoms with Gasteiger partial charge in [-0.3, -0.25) is 4.79 Å². The highest BCUT2D eigenvalue weighted by molar-refractivity contribution is 5.98. The summed E-state index contributed by atoms with van der Waals surface area (Å²) in [7, 11) is 0. The molecule has 3 heterocycles. The van der Waals surface area contributed by atoms with Crippen molar-refractivity contribution in [1.82, 2.24) is 4.98 Å². The molecule has 0 radical (unpaired) electrons. The van der Waals surface area contributed by atoms with Gasteiger partial charge in [0, 0.05) is 18.8 Å². The van der Waals surface area contributed by atoms with E-state index in [9.17, 15) is 4.79 Å². The number of aromatic nitrogens is 1. The predicted molar refractivity (Wildman–Crippen MR) is 117 cm³/mol. The third-order valence-electron chi connectivity index (χ3n) is 5.94. The van der Waals surface area contributed by atoms with E-state index in [1.165, 1.54) is 0 Å². The molecule has 0 spiro atoms. The van der Waals surface area contributed by atoms with Gasteiger partial charge in [0.1, 0.15) is 19.0 Å². The summed E-state index contributed by atoms with van der Waals surface area (Å²) in [6.45, 7) is 2.21. The first-order chi connectivity index (χ1) is 15.2. The average Bonchev–Trinajstić information content (AvgIpc) is 2.85. The second-order valence-corrected chi connectivity index (χ2v) is 7.78. The number of benzene rings is 2. The van der Waals surface area contributed by atoms with Crippen molar-refractivity contribution in [1.29, 1.82) is 0 Å². The van der Waals surface area contributed by atoms with Gasteiger partial charge in [-0.15, -0.1) is 0 Å². The Hall–Kier alpha value is -3.38. The summed E-state index contributed by atoms with van der Waals surface area (Å²) in [6, 6.07) is 21.3. The molecule has 5 rings (SSSR count). The molecule has 1 amide bonds. The molecule has 6 nitrogen and oxygen atoms in total. The number of carbonyl (C=O) groups is 1. The number of anilines is 1. The molecule has 2 aromatic carbocycles. The van der Waals surface area contributed by atoms with E-state index in [0.29, 0.717) is 50.8 Å². The number of nitrogens with zero attached hydrogens (tertiary/aromatic N) is 1. The van der Waals surface area contributed by atoms with Gasteiger partial charge in [-0.2, -0.15) is 0 Å². The predicted octanol–water partition coefficient (Wildman–Crippen LogP) is 4.21. The van der Waals surface area contributed by atoms with E-state index in [-0.39, 0.29) is 5.91 Å². The third-order valence-corrected chi connectivity index (χ3v) is 5.94. The van der Waals surface area contributed by atoms with Crippen molar-refractivity contribution < 1.29 is 19.0 Å². The Kier molecular flexibility index (Phi) is 5.30. The highest BCUT2D eigenvalue weighted by Crippen LogP contribution is 2.37. The van der Waals surface area contributed by atoms with Crippen molar-refractivity contribution in [3.8, 4) is 22.8 Å². The van der Waals surface area contributed by atoms with E-state index in [2.05, 4.69) is 5.32 Å². The number of pyridine rings is 1. The van der Waals surface area contributed by atoms with Gasteiger partial charge in [-0.25, -0.2) is 4.98 Å². The Labute approximate surface area is 181 Å². The monoisotopic (exact) mass is 416 g/mol. The summed E-state index contributed by atoms with van der Waals surface area (Å²) in [5, 5.41) is 3.06. The fraction of sp³-hybridized carbons (Fsp3) is 0.280. The van der Waals surface area contributed by atoms with Crippen molar-refractivity contribution in [3.63, 3.8) is 0 Å². The number of fused-ring (bicyclic) bond motifs is 1. The van der Waals surface area contributed by atoms with Gasteiger partial charge < -0.3 is 19.5 Å². The zero-order valence-corrected chi connectivity index (χ0v) is 17.2. The van der Waals surface area contributed by atoms with Crippen molar-refractivity contribution in [2.24, 2.45) is 0 Å². The fourth-order valence-electron chi connectivity index (χ4n) is 4.23. The molecule has 0 bridgehead atoms. The lowest BCUT2D eigenvalue weighted by Crippen LogP contribution is -2.45. The summed E-state index contributed by atoms with van der Waals surface area (Å²) >= 11 is 0. The first-order valence-electron chi connectivity index (χ1n) is 10.6. The number of hydrogen-bond donors (Lipinski definition) is 1. The van der Waals surface area contributed by atoms with Gasteiger partial charge in [0.15, 0.2) is 11.5 Å². The quantitative estimate of drug-likeness (QED) is 0.690. The number of amides is 1. The van der Waals surface area contributed by atoms with Crippen LogP contribution in [0.5, 0.6) is 11.5 Å². The SMILES string of the molecule is O=C(Nc1cccc(-c2ccc3c(c2)OCCO3)n1)C1(c2ccccc2)CCOCC1. The van der Waals surface area contributed by atoms with Gasteiger partial charge in [0.25, 0.3) is 0 Å². The van der Waals surface area contributed by atoms with E-state index in [0.717, 1.165) is 22.6 Å². The summed E-state index contributed by atoms with van der Waals surface area (Å²) in [4.78, 5) is 18.2. The minimum atomic E-state index is -0.617. The summed E-state index contributed by atoms with van der Waals surface area (Å²) in [5.41, 5.74) is 2.06. The van der Waals surface area contributed by atoms with Gasteiger partial charge in [0.05, 0.1) is 11.1 Å². The summed E-state index contributed by atoms with van der Waals surface area (Å²) in [6.07, 6.45) is 1.29. The zero-order chi connectivity index (χ0) is 21.1. The molecule has 1 N–H and O–H groups in total. The second kappa shape index (κ2) is 8.40. The molecule has 0 aliphatic carbocycles. The van der Waals surface area contributed by atoms with Gasteiger partial charge in [0.2, 0.25) is 5.91 Å². The van der Waals surface area contributed by atoms with Crippen LogP contribution in [0.3, 0.4) is 0 Å². The van der Waals surface area contributed by atoms with Crippen LogP contribution >= 0.6 is 0 Å². The zero-order valence-electron chi connectivity index (χ0n) is 17.2. The van der Waals surface area contributed by atoms with Crippen molar-refractivity contribution in [2.75, 3.05) is 31.7 Å². The largest absolute Gasteiger partial charge is 0.486 e. The summed E-state index contributed by atoms with van der Waals surface area (Å²) in [5.74, 6) is 1.93. The molecule has 1 saturated heterocycles. The minimum Gasteiger partial charge on any atom is -0.486 e. The van der Waals surface area contributed by atoms with Crippen LogP contribution in [-0.4, -0.2) is 37.3 Å². The lowest BCUT2D eigenvalue weighted by molar-refractivity contribution is -0.125. The molecule has 0 saturated carbocycles. The number of hydrogen-bond acceptors (Lipinski definition) is 5. The minimum absolute atomic E-state index is 0.0474. The summed E-state index contributed by atoms with van der Waals surface area (Å²) < 4.78 is 16.8. The van der Waals surface area contributed by atoms with E-state index in [1.807, 2.05) is 66.7 Å². The molecule has 158 valence electrons. The van der Waals surface area contributed by atoms with E-state index < -0.39 is 5.41 Å². The van der Waals surface area contributed by atoms with E-state index >= 15 is 0 Å². The van der Waals surface area contributed by atoms with Crippen molar-refractivity contribution >= 4 is 11.7 Å². The van der Waals surface area contributed by atoms with E-state index in [1.54, 1.807) is 0 Å². The Morgan fingerprint density at radius 1 is 0.839 bits per heavy atom. The Bertz CT molecular complexity index is 1080.